The topological polar surface area (TPSA) is 133 Å². The van der Waals surface area contributed by atoms with Crippen LogP contribution in [0.25, 0.3) is 0 Å². The smallest absolute Gasteiger partial charge is 0.308 e. The largest absolute Gasteiger partial charge is 0.375 e. The zero-order valence-corrected chi connectivity index (χ0v) is 18.7. The minimum Gasteiger partial charge on any atom is -0.375 e. The van der Waals surface area contributed by atoms with Gasteiger partial charge in [-0.1, -0.05) is 19.1 Å². The molecule has 0 bridgehead atoms. The predicted molar refractivity (Wildman–Crippen MR) is 107 cm³/mol. The number of hydrogen-bond donors (Lipinski definition) is 1. The lowest BCUT2D eigenvalue weighted by atomic mass is 9.85. The second kappa shape index (κ2) is 8.31. The first kappa shape index (κ1) is 22.2. The second-order valence-electron chi connectivity index (χ2n) is 7.97. The Morgan fingerprint density at radius 2 is 2.17 bits per heavy atom. The lowest BCUT2D eigenvalue weighted by Crippen LogP contribution is -2.52. The summed E-state index contributed by atoms with van der Waals surface area (Å²) in [5.74, 6) is 0.289. The number of carbonyl (C=O) groups excluding carboxylic acids is 1. The summed E-state index contributed by atoms with van der Waals surface area (Å²) in [4.78, 5) is 12.2. The molecule has 2 aliphatic rings. The molecule has 3 rings (SSSR count). The molecule has 3 heterocycles. The fourth-order valence-corrected chi connectivity index (χ4v) is 8.22. The zero-order valence-electron chi connectivity index (χ0n) is 17.0. The van der Waals surface area contributed by atoms with Crippen molar-refractivity contribution in [1.29, 1.82) is 0 Å². The van der Waals surface area contributed by atoms with Crippen LogP contribution in [-0.2, 0) is 36.3 Å². The third kappa shape index (κ3) is 4.97. The van der Waals surface area contributed by atoms with Crippen LogP contribution in [0.5, 0.6) is 0 Å². The van der Waals surface area contributed by atoms with E-state index >= 15 is 0 Å². The van der Waals surface area contributed by atoms with Crippen LogP contribution in [0, 0.1) is 5.92 Å². The van der Waals surface area contributed by atoms with Crippen molar-refractivity contribution < 1.29 is 22.2 Å². The third-order valence-corrected chi connectivity index (χ3v) is 10.3. The minimum absolute atomic E-state index is 0.0144. The number of nitrogens with one attached hydrogen (secondary N) is 1. The van der Waals surface area contributed by atoms with E-state index in [-0.39, 0.29) is 34.4 Å². The molecule has 1 aromatic rings. The molecule has 1 amide bonds. The Morgan fingerprint density at radius 1 is 1.48 bits per heavy atom. The van der Waals surface area contributed by atoms with Crippen molar-refractivity contribution in [3.63, 3.8) is 0 Å². The molecule has 1 N–H and O–H groups in total. The van der Waals surface area contributed by atoms with Crippen molar-refractivity contribution in [1.82, 2.24) is 20.3 Å². The Hall–Kier alpha value is -1.53. The van der Waals surface area contributed by atoms with Gasteiger partial charge in [0, 0.05) is 37.1 Å². The number of aromatic nitrogens is 3. The van der Waals surface area contributed by atoms with Gasteiger partial charge in [0.25, 0.3) is 0 Å². The number of rotatable bonds is 5. The first-order valence-electron chi connectivity index (χ1n) is 9.86. The fourth-order valence-electron chi connectivity index (χ4n) is 3.75. The van der Waals surface area contributed by atoms with E-state index in [1.807, 2.05) is 13.8 Å². The van der Waals surface area contributed by atoms with Gasteiger partial charge in [0.2, 0.25) is 5.91 Å². The quantitative estimate of drug-likeness (QED) is 0.707. The van der Waals surface area contributed by atoms with Gasteiger partial charge < -0.3 is 10.1 Å². The molecule has 12 heteroatoms. The highest BCUT2D eigenvalue weighted by Crippen LogP contribution is 2.37. The zero-order chi connectivity index (χ0) is 21.3. The van der Waals surface area contributed by atoms with Crippen LogP contribution >= 0.6 is 0 Å². The molecule has 2 atom stereocenters. The molecule has 0 radical (unpaired) electrons. The molecular formula is C17H29N5O5S2. The maximum Gasteiger partial charge on any atom is 0.308 e. The Bertz CT molecular complexity index is 966. The summed E-state index contributed by atoms with van der Waals surface area (Å²) in [7, 11) is -5.57. The number of hydrogen-bond acceptors (Lipinski definition) is 7. The average molecular weight is 448 g/mol. The van der Waals surface area contributed by atoms with E-state index in [1.54, 1.807) is 0 Å². The summed E-state index contributed by atoms with van der Waals surface area (Å²) in [6, 6.07) is 0.0144. The molecule has 0 aliphatic carbocycles. The molecule has 164 valence electrons. The molecule has 2 fully saturated rings. The monoisotopic (exact) mass is 447 g/mol. The number of aryl methyl sites for hydroxylation is 1. The normalized spacial score (nSPS) is 31.3. The maximum absolute atomic E-state index is 13.1. The van der Waals surface area contributed by atoms with E-state index in [1.165, 1.54) is 7.05 Å². The molecule has 1 aromatic heterocycles. The molecule has 2 aliphatic heterocycles. The maximum atomic E-state index is 13.1. The summed E-state index contributed by atoms with van der Waals surface area (Å²) >= 11 is 0. The van der Waals surface area contributed by atoms with Gasteiger partial charge in [-0.2, -0.15) is 8.42 Å². The Kier molecular flexibility index (Phi) is 6.35. The van der Waals surface area contributed by atoms with Crippen molar-refractivity contribution in [3.8, 4) is 0 Å². The lowest BCUT2D eigenvalue weighted by molar-refractivity contribution is -0.129. The van der Waals surface area contributed by atoms with Gasteiger partial charge in [0.05, 0.1) is 21.5 Å². The van der Waals surface area contributed by atoms with Gasteiger partial charge in [0.1, 0.15) is 0 Å². The highest BCUT2D eigenvalue weighted by atomic mass is 32.3. The van der Waals surface area contributed by atoms with Gasteiger partial charge in [0.15, 0.2) is 5.03 Å². The standard InChI is InChI=1S/C17H29N5O5S2/c1-4-13(2)16(23)19-14-5-8-27-17(11-14)6-9-28(24,10-7-17)21-29(25,26)15-12-18-20-22(15)3/h12-14H,4-11H2,1-3H3,(H,19,23). The number of amides is 1. The van der Waals surface area contributed by atoms with Crippen LogP contribution < -0.4 is 5.32 Å². The van der Waals surface area contributed by atoms with E-state index in [4.69, 9.17) is 4.74 Å². The summed E-state index contributed by atoms with van der Waals surface area (Å²) in [6.07, 6.45) is 4.16. The van der Waals surface area contributed by atoms with E-state index in [2.05, 4.69) is 19.4 Å². The van der Waals surface area contributed by atoms with Crippen molar-refractivity contribution in [2.45, 2.75) is 62.6 Å². The van der Waals surface area contributed by atoms with Gasteiger partial charge in [-0.05, 0) is 32.1 Å². The predicted octanol–water partition coefficient (Wildman–Crippen LogP) is 0.846. The van der Waals surface area contributed by atoms with Crippen molar-refractivity contribution in [3.05, 3.63) is 6.20 Å². The lowest BCUT2D eigenvalue weighted by Gasteiger charge is -2.44. The molecule has 29 heavy (non-hydrogen) atoms. The highest BCUT2D eigenvalue weighted by Gasteiger charge is 2.42. The molecule has 0 saturated carbocycles. The highest BCUT2D eigenvalue weighted by molar-refractivity contribution is 8.03. The second-order valence-corrected chi connectivity index (χ2v) is 12.3. The van der Waals surface area contributed by atoms with Crippen LogP contribution in [0.2, 0.25) is 0 Å². The van der Waals surface area contributed by atoms with Crippen LogP contribution in [-0.4, -0.2) is 63.3 Å². The summed E-state index contributed by atoms with van der Waals surface area (Å²) in [5, 5.41) is 10.1. The summed E-state index contributed by atoms with van der Waals surface area (Å²) in [5.41, 5.74) is -0.486. The summed E-state index contributed by atoms with van der Waals surface area (Å²) in [6.45, 7) is 4.40. The van der Waals surface area contributed by atoms with Crippen LogP contribution in [0.3, 0.4) is 0 Å². The van der Waals surface area contributed by atoms with Crippen molar-refractivity contribution in [2.24, 2.45) is 16.7 Å². The Labute approximate surface area is 172 Å². The molecule has 1 spiro atoms. The van der Waals surface area contributed by atoms with Gasteiger partial charge in [-0.15, -0.1) is 8.87 Å². The van der Waals surface area contributed by atoms with Crippen LogP contribution in [0.4, 0.5) is 0 Å². The van der Waals surface area contributed by atoms with Crippen molar-refractivity contribution >= 4 is 25.7 Å². The fraction of sp³-hybridized carbons (Fsp3) is 0.824. The SMILES string of the molecule is CCC(C)C(=O)NC1CCOC2(CCS(=O)(=NS(=O)(=O)c3cnnn3C)CC2)C1. The molecule has 2 unspecified atom stereocenters. The van der Waals surface area contributed by atoms with E-state index in [0.717, 1.165) is 23.7 Å². The van der Waals surface area contributed by atoms with Gasteiger partial charge in [-0.3, -0.25) is 4.79 Å². The van der Waals surface area contributed by atoms with Gasteiger partial charge >= 0.3 is 10.0 Å². The number of sulfonamides is 1. The number of carbonyl (C=O) groups is 1. The minimum atomic E-state index is -4.10. The number of nitrogens with zero attached hydrogens (tertiary/aromatic N) is 4. The molecule has 10 nitrogen and oxygen atoms in total. The van der Waals surface area contributed by atoms with Crippen LogP contribution in [0.15, 0.2) is 15.0 Å². The van der Waals surface area contributed by atoms with E-state index < -0.39 is 25.4 Å². The van der Waals surface area contributed by atoms with E-state index in [0.29, 0.717) is 25.9 Å². The molecular weight excluding hydrogens is 418 g/mol. The number of ether oxygens (including phenoxy) is 1. The first-order chi connectivity index (χ1) is 13.6. The third-order valence-electron chi connectivity index (χ3n) is 5.82. The van der Waals surface area contributed by atoms with Crippen molar-refractivity contribution in [2.75, 3.05) is 18.1 Å². The first-order valence-corrected chi connectivity index (χ1v) is 13.2. The summed E-state index contributed by atoms with van der Waals surface area (Å²) < 4.78 is 49.0. The Balaban J connectivity index is 1.69. The van der Waals surface area contributed by atoms with Crippen LogP contribution in [0.1, 0.15) is 46.0 Å². The average Bonchev–Trinajstić information content (AvgIpc) is 3.11. The Morgan fingerprint density at radius 3 is 2.76 bits per heavy atom. The van der Waals surface area contributed by atoms with Gasteiger partial charge in [-0.25, -0.2) is 8.89 Å². The molecule has 2 saturated heterocycles. The molecule has 0 aromatic carbocycles. The van der Waals surface area contributed by atoms with E-state index in [9.17, 15) is 17.4 Å².